The van der Waals surface area contributed by atoms with Gasteiger partial charge in [-0.15, -0.1) is 0 Å². The molecule has 5 nitrogen and oxygen atoms in total. The SMILES string of the molecule is CCN(Cc1ccccc1)c1ccc(C(=O)NCCOC)nc1. The van der Waals surface area contributed by atoms with Gasteiger partial charge in [0.25, 0.3) is 5.91 Å². The largest absolute Gasteiger partial charge is 0.383 e. The summed E-state index contributed by atoms with van der Waals surface area (Å²) in [5.74, 6) is -0.181. The van der Waals surface area contributed by atoms with E-state index in [9.17, 15) is 4.79 Å². The molecule has 0 radical (unpaired) electrons. The summed E-state index contributed by atoms with van der Waals surface area (Å²) in [6, 6.07) is 14.0. The smallest absolute Gasteiger partial charge is 0.269 e. The Morgan fingerprint density at radius 2 is 2.00 bits per heavy atom. The maximum Gasteiger partial charge on any atom is 0.269 e. The number of rotatable bonds is 8. The molecule has 0 aliphatic heterocycles. The van der Waals surface area contributed by atoms with Crippen LogP contribution in [0.2, 0.25) is 0 Å². The van der Waals surface area contributed by atoms with Crippen LogP contribution in [0, 0.1) is 0 Å². The lowest BCUT2D eigenvalue weighted by Crippen LogP contribution is -2.28. The number of carbonyl (C=O) groups is 1. The molecule has 23 heavy (non-hydrogen) atoms. The van der Waals surface area contributed by atoms with Gasteiger partial charge in [-0.1, -0.05) is 30.3 Å². The molecule has 0 atom stereocenters. The Hall–Kier alpha value is -2.40. The zero-order valence-electron chi connectivity index (χ0n) is 13.7. The maximum absolute atomic E-state index is 11.9. The second-order valence-corrected chi connectivity index (χ2v) is 5.15. The van der Waals surface area contributed by atoms with Crippen LogP contribution in [0.5, 0.6) is 0 Å². The molecule has 122 valence electrons. The minimum atomic E-state index is -0.181. The van der Waals surface area contributed by atoms with Crippen molar-refractivity contribution in [3.8, 4) is 0 Å². The van der Waals surface area contributed by atoms with Gasteiger partial charge in [-0.3, -0.25) is 4.79 Å². The van der Waals surface area contributed by atoms with Gasteiger partial charge in [-0.25, -0.2) is 4.98 Å². The van der Waals surface area contributed by atoms with E-state index < -0.39 is 0 Å². The minimum Gasteiger partial charge on any atom is -0.383 e. The van der Waals surface area contributed by atoms with Crippen molar-refractivity contribution >= 4 is 11.6 Å². The third-order valence-electron chi connectivity index (χ3n) is 3.54. The fourth-order valence-electron chi connectivity index (χ4n) is 2.25. The van der Waals surface area contributed by atoms with E-state index >= 15 is 0 Å². The molecule has 0 aliphatic rings. The molecule has 0 spiro atoms. The Labute approximate surface area is 137 Å². The van der Waals surface area contributed by atoms with E-state index in [4.69, 9.17) is 4.74 Å². The van der Waals surface area contributed by atoms with Gasteiger partial charge >= 0.3 is 0 Å². The lowest BCUT2D eigenvalue weighted by Gasteiger charge is -2.23. The third kappa shape index (κ3) is 5.07. The number of aromatic nitrogens is 1. The van der Waals surface area contributed by atoms with Crippen LogP contribution in [0.3, 0.4) is 0 Å². The van der Waals surface area contributed by atoms with Crippen LogP contribution in [-0.4, -0.2) is 37.7 Å². The average molecular weight is 313 g/mol. The normalized spacial score (nSPS) is 10.3. The highest BCUT2D eigenvalue weighted by Crippen LogP contribution is 2.16. The van der Waals surface area contributed by atoms with Gasteiger partial charge in [0.2, 0.25) is 0 Å². The Morgan fingerprint density at radius 3 is 2.61 bits per heavy atom. The fraction of sp³-hybridized carbons (Fsp3) is 0.333. The number of benzene rings is 1. The molecule has 5 heteroatoms. The number of hydrogen-bond acceptors (Lipinski definition) is 4. The predicted octanol–water partition coefficient (Wildman–Crippen LogP) is 2.48. The Kier molecular flexibility index (Phi) is 6.56. The van der Waals surface area contributed by atoms with E-state index in [0.29, 0.717) is 18.8 Å². The number of carbonyl (C=O) groups excluding carboxylic acids is 1. The molecule has 1 N–H and O–H groups in total. The summed E-state index contributed by atoms with van der Waals surface area (Å²) < 4.78 is 4.91. The minimum absolute atomic E-state index is 0.181. The summed E-state index contributed by atoms with van der Waals surface area (Å²) in [5, 5.41) is 2.76. The standard InChI is InChI=1S/C18H23N3O2/c1-3-21(14-15-7-5-4-6-8-15)16-9-10-17(20-13-16)18(22)19-11-12-23-2/h4-10,13H,3,11-12,14H2,1-2H3,(H,19,22). The van der Waals surface area contributed by atoms with Crippen molar-refractivity contribution in [1.29, 1.82) is 0 Å². The second-order valence-electron chi connectivity index (χ2n) is 5.15. The lowest BCUT2D eigenvalue weighted by molar-refractivity contribution is 0.0932. The van der Waals surface area contributed by atoms with Crippen molar-refractivity contribution in [2.75, 3.05) is 31.7 Å². The molecule has 0 saturated carbocycles. The number of ether oxygens (including phenoxy) is 1. The van der Waals surface area contributed by atoms with Crippen molar-refractivity contribution in [2.45, 2.75) is 13.5 Å². The fourth-order valence-corrected chi connectivity index (χ4v) is 2.25. The van der Waals surface area contributed by atoms with Crippen molar-refractivity contribution in [3.63, 3.8) is 0 Å². The van der Waals surface area contributed by atoms with E-state index in [1.165, 1.54) is 5.56 Å². The highest BCUT2D eigenvalue weighted by atomic mass is 16.5. The van der Waals surface area contributed by atoms with Gasteiger partial charge in [-0.2, -0.15) is 0 Å². The Morgan fingerprint density at radius 1 is 1.22 bits per heavy atom. The van der Waals surface area contributed by atoms with E-state index in [2.05, 4.69) is 34.3 Å². The summed E-state index contributed by atoms with van der Waals surface area (Å²) in [7, 11) is 1.60. The van der Waals surface area contributed by atoms with Gasteiger partial charge in [0, 0.05) is 26.7 Å². The first kappa shape index (κ1) is 17.0. The van der Waals surface area contributed by atoms with Crippen molar-refractivity contribution < 1.29 is 9.53 Å². The van der Waals surface area contributed by atoms with Crippen molar-refractivity contribution in [3.05, 3.63) is 59.9 Å². The summed E-state index contributed by atoms with van der Waals surface area (Å²) in [5.41, 5.74) is 2.67. The van der Waals surface area contributed by atoms with Gasteiger partial charge in [0.15, 0.2) is 0 Å². The van der Waals surface area contributed by atoms with Crippen LogP contribution in [0.4, 0.5) is 5.69 Å². The number of nitrogens with zero attached hydrogens (tertiary/aromatic N) is 2. The predicted molar refractivity (Wildman–Crippen MR) is 91.6 cm³/mol. The molecule has 2 aromatic rings. The van der Waals surface area contributed by atoms with Gasteiger partial charge in [0.1, 0.15) is 5.69 Å². The monoisotopic (exact) mass is 313 g/mol. The Balaban J connectivity index is 2.00. The summed E-state index contributed by atoms with van der Waals surface area (Å²) in [6.45, 7) is 4.76. The number of methoxy groups -OCH3 is 1. The number of amides is 1. The number of pyridine rings is 1. The van der Waals surface area contributed by atoms with E-state index in [-0.39, 0.29) is 5.91 Å². The average Bonchev–Trinajstić information content (AvgIpc) is 2.61. The van der Waals surface area contributed by atoms with E-state index in [0.717, 1.165) is 18.8 Å². The molecule has 0 aliphatic carbocycles. The van der Waals surface area contributed by atoms with Crippen molar-refractivity contribution in [1.82, 2.24) is 10.3 Å². The number of anilines is 1. The topological polar surface area (TPSA) is 54.5 Å². The molecule has 1 heterocycles. The highest BCUT2D eigenvalue weighted by Gasteiger charge is 2.09. The second kappa shape index (κ2) is 8.90. The lowest BCUT2D eigenvalue weighted by atomic mass is 10.2. The molecule has 0 saturated heterocycles. The first-order valence-electron chi connectivity index (χ1n) is 7.76. The van der Waals surface area contributed by atoms with Crippen LogP contribution in [0.15, 0.2) is 48.7 Å². The van der Waals surface area contributed by atoms with E-state index in [1.807, 2.05) is 24.3 Å². The molecule has 1 amide bonds. The molecular formula is C18H23N3O2. The molecule has 2 rings (SSSR count). The van der Waals surface area contributed by atoms with Crippen LogP contribution in [0.1, 0.15) is 23.0 Å². The highest BCUT2D eigenvalue weighted by molar-refractivity contribution is 5.92. The number of hydrogen-bond donors (Lipinski definition) is 1. The molecule has 0 bridgehead atoms. The Bertz CT molecular complexity index is 599. The van der Waals surface area contributed by atoms with Crippen LogP contribution in [0.25, 0.3) is 0 Å². The summed E-state index contributed by atoms with van der Waals surface area (Å²) in [6.07, 6.45) is 1.75. The van der Waals surface area contributed by atoms with Crippen molar-refractivity contribution in [2.24, 2.45) is 0 Å². The third-order valence-corrected chi connectivity index (χ3v) is 3.54. The van der Waals surface area contributed by atoms with Crippen LogP contribution >= 0.6 is 0 Å². The summed E-state index contributed by atoms with van der Waals surface area (Å²) >= 11 is 0. The number of nitrogens with one attached hydrogen (secondary N) is 1. The molecule has 0 fully saturated rings. The maximum atomic E-state index is 11.9. The molecular weight excluding hydrogens is 290 g/mol. The summed E-state index contributed by atoms with van der Waals surface area (Å²) in [4.78, 5) is 18.4. The first-order chi connectivity index (χ1) is 11.2. The van der Waals surface area contributed by atoms with Gasteiger partial charge in [0.05, 0.1) is 18.5 Å². The zero-order chi connectivity index (χ0) is 16.5. The van der Waals surface area contributed by atoms with Gasteiger partial charge < -0.3 is 15.0 Å². The first-order valence-corrected chi connectivity index (χ1v) is 7.76. The molecule has 1 aromatic carbocycles. The van der Waals surface area contributed by atoms with Crippen LogP contribution < -0.4 is 10.2 Å². The quantitative estimate of drug-likeness (QED) is 0.761. The van der Waals surface area contributed by atoms with E-state index in [1.54, 1.807) is 19.4 Å². The van der Waals surface area contributed by atoms with Crippen LogP contribution in [-0.2, 0) is 11.3 Å². The zero-order valence-corrected chi connectivity index (χ0v) is 13.7. The molecule has 0 unspecified atom stereocenters. The molecule has 1 aromatic heterocycles. The van der Waals surface area contributed by atoms with Gasteiger partial charge in [-0.05, 0) is 24.6 Å².